The molecule has 0 saturated heterocycles. The van der Waals surface area contributed by atoms with E-state index in [9.17, 15) is 14.4 Å². The van der Waals surface area contributed by atoms with Gasteiger partial charge in [-0.05, 0) is 20.8 Å². The van der Waals surface area contributed by atoms with Gasteiger partial charge in [-0.25, -0.2) is 9.59 Å². The minimum absolute atomic E-state index is 0.000394. The van der Waals surface area contributed by atoms with Gasteiger partial charge in [-0.3, -0.25) is 10.1 Å². The molecule has 0 saturated carbocycles. The van der Waals surface area contributed by atoms with Crippen LogP contribution in [-0.2, 0) is 9.59 Å². The Morgan fingerprint density at radius 3 is 2.06 bits per heavy atom. The molecule has 0 unspecified atom stereocenters. The average Bonchev–Trinajstić information content (AvgIpc) is 2.25. The minimum atomic E-state index is -1.19. The van der Waals surface area contributed by atoms with Gasteiger partial charge in [0.15, 0.2) is 0 Å². The van der Waals surface area contributed by atoms with E-state index in [1.165, 1.54) is 25.8 Å². The van der Waals surface area contributed by atoms with Crippen molar-refractivity contribution in [2.45, 2.75) is 20.8 Å². The maximum atomic E-state index is 11.6. The Labute approximate surface area is 106 Å². The van der Waals surface area contributed by atoms with E-state index in [1.807, 2.05) is 0 Å². The van der Waals surface area contributed by atoms with Crippen LogP contribution in [0.2, 0.25) is 0 Å². The second-order valence-corrected chi connectivity index (χ2v) is 4.13. The van der Waals surface area contributed by atoms with Crippen LogP contribution in [0.4, 0.5) is 4.79 Å². The normalized spacial score (nSPS) is 11.3. The van der Waals surface area contributed by atoms with E-state index in [0.717, 1.165) is 5.57 Å². The highest BCUT2D eigenvalue weighted by atomic mass is 16.4. The number of hydrogen-bond donors (Lipinski definition) is 2. The van der Waals surface area contributed by atoms with Crippen LogP contribution in [0.5, 0.6) is 0 Å². The number of nitrogens with zero attached hydrogens (tertiary/aromatic N) is 1. The number of amides is 3. The molecule has 0 aromatic carbocycles. The molecule has 0 radical (unpaired) electrons. The van der Waals surface area contributed by atoms with Crippen LogP contribution in [0.3, 0.4) is 0 Å². The molecule has 0 aromatic heterocycles. The van der Waals surface area contributed by atoms with Crippen LogP contribution in [0.15, 0.2) is 23.3 Å². The van der Waals surface area contributed by atoms with Crippen molar-refractivity contribution < 1.29 is 19.5 Å². The summed E-state index contributed by atoms with van der Waals surface area (Å²) < 4.78 is 0. The Kier molecular flexibility index (Phi) is 5.81. The fourth-order valence-corrected chi connectivity index (χ4v) is 1.09. The van der Waals surface area contributed by atoms with Gasteiger partial charge in [-0.2, -0.15) is 0 Å². The third-order valence-electron chi connectivity index (χ3n) is 2.30. The van der Waals surface area contributed by atoms with Crippen LogP contribution < -0.4 is 5.32 Å². The summed E-state index contributed by atoms with van der Waals surface area (Å²) in [5.74, 6) is -1.90. The zero-order valence-corrected chi connectivity index (χ0v) is 11.0. The molecule has 6 nitrogen and oxygen atoms in total. The first-order valence-electron chi connectivity index (χ1n) is 5.28. The summed E-state index contributed by atoms with van der Waals surface area (Å²) in [5.41, 5.74) is 0.677. The molecule has 100 valence electrons. The van der Waals surface area contributed by atoms with Crippen molar-refractivity contribution in [3.8, 4) is 0 Å². The number of carboxylic acids is 1. The number of nitrogens with one attached hydrogen (secondary N) is 1. The third kappa shape index (κ3) is 4.82. The lowest BCUT2D eigenvalue weighted by atomic mass is 10.1. The van der Waals surface area contributed by atoms with Gasteiger partial charge < -0.3 is 10.0 Å². The first-order chi connectivity index (χ1) is 8.16. The van der Waals surface area contributed by atoms with Crippen molar-refractivity contribution >= 4 is 17.9 Å². The van der Waals surface area contributed by atoms with Crippen molar-refractivity contribution in [3.63, 3.8) is 0 Å². The Morgan fingerprint density at radius 1 is 1.17 bits per heavy atom. The highest BCUT2D eigenvalue weighted by Gasteiger charge is 2.17. The Balaban J connectivity index is 4.68. The van der Waals surface area contributed by atoms with Gasteiger partial charge in [0.05, 0.1) is 0 Å². The summed E-state index contributed by atoms with van der Waals surface area (Å²) in [4.78, 5) is 35.1. The van der Waals surface area contributed by atoms with Crippen molar-refractivity contribution in [2.75, 3.05) is 13.6 Å². The van der Waals surface area contributed by atoms with E-state index < -0.39 is 17.9 Å². The number of aliphatic carboxylic acids is 1. The summed E-state index contributed by atoms with van der Waals surface area (Å²) in [7, 11) is 1.51. The van der Waals surface area contributed by atoms with Crippen LogP contribution in [0.25, 0.3) is 0 Å². The molecule has 0 fully saturated rings. The molecule has 3 amide bonds. The summed E-state index contributed by atoms with van der Waals surface area (Å²) >= 11 is 0. The zero-order chi connectivity index (χ0) is 14.5. The largest absolute Gasteiger partial charge is 0.478 e. The van der Waals surface area contributed by atoms with Gasteiger partial charge in [0.1, 0.15) is 0 Å². The van der Waals surface area contributed by atoms with Crippen LogP contribution in [0, 0.1) is 0 Å². The second kappa shape index (κ2) is 6.58. The van der Waals surface area contributed by atoms with E-state index in [-0.39, 0.29) is 11.1 Å². The molecule has 0 aliphatic heterocycles. The summed E-state index contributed by atoms with van der Waals surface area (Å²) in [6.45, 7) is 8.38. The number of carbonyl (C=O) groups excluding carboxylic acids is 2. The standard InChI is InChI=1S/C12H18N2O4/c1-7(2)6-14(5)12(18)13-10(15)8(3)9(4)11(16)17/h1,6H2,2-5H3,(H,16,17)(H,13,15,18). The smallest absolute Gasteiger partial charge is 0.331 e. The van der Waals surface area contributed by atoms with Gasteiger partial charge in [0.2, 0.25) is 0 Å². The Bertz CT molecular complexity index is 424. The van der Waals surface area contributed by atoms with E-state index in [1.54, 1.807) is 6.92 Å². The maximum Gasteiger partial charge on any atom is 0.331 e. The lowest BCUT2D eigenvalue weighted by Gasteiger charge is -2.17. The zero-order valence-electron chi connectivity index (χ0n) is 11.0. The van der Waals surface area contributed by atoms with Crippen molar-refractivity contribution in [2.24, 2.45) is 0 Å². The lowest BCUT2D eigenvalue weighted by Crippen LogP contribution is -2.41. The molecule has 6 heteroatoms. The van der Waals surface area contributed by atoms with Gasteiger partial charge >= 0.3 is 12.0 Å². The summed E-state index contributed by atoms with van der Waals surface area (Å²) in [6.07, 6.45) is 0. The molecule has 2 N–H and O–H groups in total. The monoisotopic (exact) mass is 254 g/mol. The first kappa shape index (κ1) is 15.9. The molecule has 0 rings (SSSR count). The molecule has 0 heterocycles. The van der Waals surface area contributed by atoms with Crippen molar-refractivity contribution in [1.29, 1.82) is 0 Å². The number of urea groups is 1. The predicted octanol–water partition coefficient (Wildman–Crippen LogP) is 1.15. The van der Waals surface area contributed by atoms with E-state index in [0.29, 0.717) is 6.54 Å². The number of carbonyl (C=O) groups is 3. The van der Waals surface area contributed by atoms with Crippen molar-refractivity contribution in [3.05, 3.63) is 23.3 Å². The van der Waals surface area contributed by atoms with Crippen LogP contribution >= 0.6 is 0 Å². The van der Waals surface area contributed by atoms with E-state index >= 15 is 0 Å². The van der Waals surface area contributed by atoms with Gasteiger partial charge in [-0.15, -0.1) is 0 Å². The Morgan fingerprint density at radius 2 is 1.67 bits per heavy atom. The fourth-order valence-electron chi connectivity index (χ4n) is 1.09. The highest BCUT2D eigenvalue weighted by molar-refractivity contribution is 6.07. The number of imide groups is 1. The number of hydrogen-bond acceptors (Lipinski definition) is 3. The van der Waals surface area contributed by atoms with Gasteiger partial charge in [0, 0.05) is 24.7 Å². The fraction of sp³-hybridized carbons (Fsp3) is 0.417. The maximum absolute atomic E-state index is 11.6. The minimum Gasteiger partial charge on any atom is -0.478 e. The number of carboxylic acid groups (broad SMARTS) is 1. The first-order valence-corrected chi connectivity index (χ1v) is 5.28. The molecule has 0 aromatic rings. The number of likely N-dealkylation sites (N-methyl/N-ethyl adjacent to an activating group) is 1. The van der Waals surface area contributed by atoms with Crippen LogP contribution in [-0.4, -0.2) is 41.5 Å². The number of rotatable bonds is 4. The molecule has 0 spiro atoms. The summed E-state index contributed by atoms with van der Waals surface area (Å²) in [6, 6.07) is -0.597. The lowest BCUT2D eigenvalue weighted by molar-refractivity contribution is -0.133. The molecule has 0 aliphatic carbocycles. The van der Waals surface area contributed by atoms with Crippen molar-refractivity contribution in [1.82, 2.24) is 10.2 Å². The van der Waals surface area contributed by atoms with E-state index in [2.05, 4.69) is 11.9 Å². The Hall–Kier alpha value is -2.11. The quantitative estimate of drug-likeness (QED) is 0.582. The average molecular weight is 254 g/mol. The van der Waals surface area contributed by atoms with E-state index in [4.69, 9.17) is 5.11 Å². The third-order valence-corrected chi connectivity index (χ3v) is 2.30. The predicted molar refractivity (Wildman–Crippen MR) is 67.0 cm³/mol. The SMILES string of the molecule is C=C(C)CN(C)C(=O)NC(=O)C(C)=C(C)C(=O)O. The molecule has 18 heavy (non-hydrogen) atoms. The summed E-state index contributed by atoms with van der Waals surface area (Å²) in [5, 5.41) is 10.8. The highest BCUT2D eigenvalue weighted by Crippen LogP contribution is 2.04. The topological polar surface area (TPSA) is 86.7 Å². The second-order valence-electron chi connectivity index (χ2n) is 4.13. The molecule has 0 aliphatic rings. The van der Waals surface area contributed by atoms with Gasteiger partial charge in [0.25, 0.3) is 5.91 Å². The molecule has 0 bridgehead atoms. The van der Waals surface area contributed by atoms with Crippen LogP contribution in [0.1, 0.15) is 20.8 Å². The molecule has 0 atom stereocenters. The molecular formula is C12H18N2O4. The molecular weight excluding hydrogens is 236 g/mol. The van der Waals surface area contributed by atoms with Gasteiger partial charge in [-0.1, -0.05) is 12.2 Å².